The van der Waals surface area contributed by atoms with Crippen LogP contribution < -0.4 is 5.46 Å². The first-order valence-electron chi connectivity index (χ1n) is 3.98. The van der Waals surface area contributed by atoms with E-state index in [1.807, 2.05) is 12.1 Å². The molecular weight excluding hydrogens is 235 g/mol. The average Bonchev–Trinajstić information content (AvgIpc) is 2.11. The summed E-state index contributed by atoms with van der Waals surface area (Å²) < 4.78 is 0.908. The highest BCUT2D eigenvalue weighted by atomic mass is 79.9. The van der Waals surface area contributed by atoms with Gasteiger partial charge in [0.05, 0.1) is 6.61 Å². The van der Waals surface area contributed by atoms with Gasteiger partial charge in [-0.3, -0.25) is 5.26 Å². The van der Waals surface area contributed by atoms with Crippen molar-refractivity contribution < 1.29 is 15.2 Å². The number of halogens is 1. The molecule has 3 nitrogen and oxygen atoms in total. The molecule has 0 amide bonds. The summed E-state index contributed by atoms with van der Waals surface area (Å²) in [5.41, 5.74) is 2.94. The van der Waals surface area contributed by atoms with E-state index in [9.17, 15) is 0 Å². The number of hydrogen-bond acceptors (Lipinski definition) is 3. The molecule has 13 heavy (non-hydrogen) atoms. The fourth-order valence-corrected chi connectivity index (χ4v) is 2.06. The summed E-state index contributed by atoms with van der Waals surface area (Å²) in [6.45, 7) is -0.222. The van der Waals surface area contributed by atoms with Gasteiger partial charge in [0.2, 0.25) is 0 Å². The molecule has 68 valence electrons. The normalized spacial score (nSPS) is 13.9. The maximum absolute atomic E-state index is 8.98. The van der Waals surface area contributed by atoms with Gasteiger partial charge >= 0.3 is 6.92 Å². The monoisotopic (exact) mass is 242 g/mol. The second-order valence-corrected chi connectivity index (χ2v) is 3.95. The fraction of sp³-hybridized carbons (Fsp3) is 0.250. The molecule has 0 unspecified atom stereocenters. The third-order valence-electron chi connectivity index (χ3n) is 2.36. The molecule has 1 aliphatic heterocycles. The van der Waals surface area contributed by atoms with E-state index in [0.717, 1.165) is 27.4 Å². The van der Waals surface area contributed by atoms with Crippen LogP contribution in [0.2, 0.25) is 0 Å². The first kappa shape index (κ1) is 9.21. The number of hydrogen-bond donors (Lipinski definition) is 2. The Morgan fingerprint density at radius 2 is 2.31 bits per heavy atom. The van der Waals surface area contributed by atoms with Crippen molar-refractivity contribution in [3.05, 3.63) is 27.7 Å². The van der Waals surface area contributed by atoms with Gasteiger partial charge < -0.3 is 9.91 Å². The van der Waals surface area contributed by atoms with Gasteiger partial charge in [-0.05, 0) is 23.4 Å². The highest BCUT2D eigenvalue weighted by molar-refractivity contribution is 9.10. The Hall–Kier alpha value is -0.355. The number of benzene rings is 1. The van der Waals surface area contributed by atoms with Gasteiger partial charge in [-0.2, -0.15) is 0 Å². The average molecular weight is 243 g/mol. The van der Waals surface area contributed by atoms with E-state index in [1.54, 1.807) is 0 Å². The zero-order chi connectivity index (χ0) is 9.42. The van der Waals surface area contributed by atoms with E-state index < -0.39 is 0 Å². The smallest absolute Gasteiger partial charge is 0.377 e. The molecule has 5 heteroatoms. The highest BCUT2D eigenvalue weighted by Gasteiger charge is 2.33. The number of aliphatic hydroxyl groups excluding tert-OH is 1. The molecule has 0 fully saturated rings. The predicted molar refractivity (Wildman–Crippen MR) is 52.9 cm³/mol. The quantitative estimate of drug-likeness (QED) is 0.457. The van der Waals surface area contributed by atoms with E-state index >= 15 is 0 Å². The summed E-state index contributed by atoms with van der Waals surface area (Å²) in [5.74, 6) is 0. The minimum absolute atomic E-state index is 0.00792. The lowest BCUT2D eigenvalue weighted by atomic mass is 9.45. The molecule has 0 aromatic heterocycles. The molecule has 0 spiro atoms. The summed E-state index contributed by atoms with van der Waals surface area (Å²) in [6, 6.07) is 3.81. The molecule has 0 atom stereocenters. The fourth-order valence-electron chi connectivity index (χ4n) is 1.55. The van der Waals surface area contributed by atoms with Gasteiger partial charge in [-0.15, -0.1) is 0 Å². The van der Waals surface area contributed by atoms with Crippen molar-refractivity contribution in [2.75, 3.05) is 0 Å². The first-order chi connectivity index (χ1) is 6.26. The van der Waals surface area contributed by atoms with E-state index in [0.29, 0.717) is 0 Å². The topological polar surface area (TPSA) is 49.7 Å². The van der Waals surface area contributed by atoms with Gasteiger partial charge in [0.15, 0.2) is 0 Å². The summed E-state index contributed by atoms with van der Waals surface area (Å²) in [6.07, 6.45) is 0.732. The molecule has 0 radical (unpaired) electrons. The van der Waals surface area contributed by atoms with Crippen LogP contribution in [0.15, 0.2) is 16.6 Å². The predicted octanol–water partition coefficient (Wildman–Crippen LogP) is 0.725. The van der Waals surface area contributed by atoms with Crippen molar-refractivity contribution in [1.82, 2.24) is 0 Å². The molecule has 1 aromatic rings. The zero-order valence-electron chi connectivity index (χ0n) is 6.83. The largest absolute Gasteiger partial charge is 0.392 e. The Labute approximate surface area is 84.5 Å². The Kier molecular flexibility index (Phi) is 2.42. The Bertz CT molecular complexity index is 342. The number of fused-ring (bicyclic) bond motifs is 1. The lowest BCUT2D eigenvalue weighted by Gasteiger charge is -2.25. The van der Waals surface area contributed by atoms with Crippen LogP contribution in [0.1, 0.15) is 11.1 Å². The molecule has 2 rings (SSSR count). The van der Waals surface area contributed by atoms with Gasteiger partial charge in [-0.25, -0.2) is 0 Å². The van der Waals surface area contributed by atoms with Crippen LogP contribution in [-0.4, -0.2) is 17.3 Å². The lowest BCUT2D eigenvalue weighted by Crippen LogP contribution is -2.48. The molecule has 0 aliphatic carbocycles. The Morgan fingerprint density at radius 1 is 1.54 bits per heavy atom. The van der Waals surface area contributed by atoms with Crippen molar-refractivity contribution in [2.24, 2.45) is 0 Å². The second kappa shape index (κ2) is 3.42. The van der Waals surface area contributed by atoms with Gasteiger partial charge in [0.1, 0.15) is 0 Å². The molecule has 0 saturated carbocycles. The van der Waals surface area contributed by atoms with E-state index in [4.69, 9.17) is 10.4 Å². The number of aliphatic hydroxyl groups is 1. The molecule has 1 aliphatic rings. The summed E-state index contributed by atoms with van der Waals surface area (Å²) >= 11 is 3.35. The van der Waals surface area contributed by atoms with Crippen molar-refractivity contribution in [3.8, 4) is 0 Å². The van der Waals surface area contributed by atoms with Crippen LogP contribution in [0.5, 0.6) is 0 Å². The molecule has 1 heterocycles. The minimum Gasteiger partial charge on any atom is -0.392 e. The van der Waals surface area contributed by atoms with Crippen LogP contribution in [0.25, 0.3) is 0 Å². The summed E-state index contributed by atoms with van der Waals surface area (Å²) in [5, 5.41) is 17.5. The van der Waals surface area contributed by atoms with Crippen molar-refractivity contribution in [1.29, 1.82) is 0 Å². The van der Waals surface area contributed by atoms with Crippen LogP contribution in [-0.2, 0) is 17.7 Å². The summed E-state index contributed by atoms with van der Waals surface area (Å²) in [4.78, 5) is 4.26. The maximum atomic E-state index is 8.98. The van der Waals surface area contributed by atoms with Crippen LogP contribution in [0.3, 0.4) is 0 Å². The van der Waals surface area contributed by atoms with Crippen molar-refractivity contribution >= 4 is 28.3 Å². The third kappa shape index (κ3) is 1.42. The molecule has 2 N–H and O–H groups in total. The molecule has 1 aromatic carbocycles. The standard InChI is InChI=1S/C8H8BBrO3/c10-8-2-5-3-9(13-12)7(5)1-6(8)4-11/h1-2,11-12H,3-4H2. The maximum Gasteiger partial charge on any atom is 0.377 e. The van der Waals surface area contributed by atoms with Crippen molar-refractivity contribution in [3.63, 3.8) is 0 Å². The lowest BCUT2D eigenvalue weighted by molar-refractivity contribution is -0.143. The van der Waals surface area contributed by atoms with Gasteiger partial charge in [0.25, 0.3) is 0 Å². The number of rotatable bonds is 2. The van der Waals surface area contributed by atoms with E-state index in [2.05, 4.69) is 20.7 Å². The van der Waals surface area contributed by atoms with Gasteiger partial charge in [0, 0.05) is 4.47 Å². The van der Waals surface area contributed by atoms with Crippen LogP contribution in [0.4, 0.5) is 0 Å². The molecule has 0 saturated heterocycles. The van der Waals surface area contributed by atoms with Crippen molar-refractivity contribution in [2.45, 2.75) is 12.9 Å². The highest BCUT2D eigenvalue weighted by Crippen LogP contribution is 2.23. The first-order valence-corrected chi connectivity index (χ1v) is 4.78. The molecular formula is C8H8BBrO3. The third-order valence-corrected chi connectivity index (χ3v) is 3.10. The van der Waals surface area contributed by atoms with Crippen LogP contribution >= 0.6 is 15.9 Å². The van der Waals surface area contributed by atoms with E-state index in [1.165, 1.54) is 0 Å². The Balaban J connectivity index is 2.39. The zero-order valence-corrected chi connectivity index (χ0v) is 8.41. The van der Waals surface area contributed by atoms with Crippen LogP contribution in [0, 0.1) is 0 Å². The van der Waals surface area contributed by atoms with E-state index in [-0.39, 0.29) is 13.5 Å². The SMILES string of the molecule is OCc1cc2c(cc1Br)CB2OO. The minimum atomic E-state index is -0.214. The van der Waals surface area contributed by atoms with Gasteiger partial charge in [-0.1, -0.05) is 27.6 Å². The second-order valence-electron chi connectivity index (χ2n) is 3.10. The Morgan fingerprint density at radius 3 is 2.92 bits per heavy atom. The molecule has 0 bridgehead atoms. The summed E-state index contributed by atoms with van der Waals surface area (Å²) in [7, 11) is 0.